The molecule has 3 heterocycles. The fourth-order valence-corrected chi connectivity index (χ4v) is 2.95. The van der Waals surface area contributed by atoms with Crippen LogP contribution in [0.4, 0.5) is 11.9 Å². The van der Waals surface area contributed by atoms with E-state index in [0.717, 1.165) is 32.1 Å². The Bertz CT molecular complexity index is 862. The highest BCUT2D eigenvalue weighted by atomic mass is 16.1. The highest BCUT2D eigenvalue weighted by Gasteiger charge is 2.23. The Morgan fingerprint density at radius 3 is 2.58 bits per heavy atom. The molecule has 24 heavy (non-hydrogen) atoms. The Morgan fingerprint density at radius 2 is 1.96 bits per heavy atom. The zero-order valence-corrected chi connectivity index (χ0v) is 14.6. The molecule has 1 aliphatic rings. The summed E-state index contributed by atoms with van der Waals surface area (Å²) in [5.41, 5.74) is 0.892. The van der Waals surface area contributed by atoms with Crippen molar-refractivity contribution in [3.63, 3.8) is 0 Å². The number of rotatable bonds is 3. The summed E-state index contributed by atoms with van der Waals surface area (Å²) in [7, 11) is 5.46. The first kappa shape index (κ1) is 16.3. The van der Waals surface area contributed by atoms with E-state index in [4.69, 9.17) is 0 Å². The van der Waals surface area contributed by atoms with Gasteiger partial charge in [-0.25, -0.2) is 0 Å². The Balaban J connectivity index is 2.24. The van der Waals surface area contributed by atoms with Gasteiger partial charge >= 0.3 is 0 Å². The molecule has 0 aromatic carbocycles. The second-order valence-electron chi connectivity index (χ2n) is 6.00. The van der Waals surface area contributed by atoms with Crippen molar-refractivity contribution >= 4 is 23.1 Å². The lowest BCUT2D eigenvalue weighted by molar-refractivity contribution is 0.573. The zero-order valence-electron chi connectivity index (χ0n) is 14.6. The molecule has 0 unspecified atom stereocenters. The fourth-order valence-electron chi connectivity index (χ4n) is 2.95. The first-order chi connectivity index (χ1) is 11.5. The summed E-state index contributed by atoms with van der Waals surface area (Å²) in [5.74, 6) is 7.31. The van der Waals surface area contributed by atoms with Gasteiger partial charge in [-0.3, -0.25) is 13.9 Å². The van der Waals surface area contributed by atoms with Crippen molar-refractivity contribution in [1.29, 1.82) is 0 Å². The van der Waals surface area contributed by atoms with Crippen LogP contribution in [0.25, 0.3) is 11.2 Å². The SMILES string of the molecule is CC#CCn1c(N2CCNCC2)nc2nc(N(C)C)n(C)c(=O)c21. The van der Waals surface area contributed by atoms with Crippen LogP contribution in [0.5, 0.6) is 0 Å². The van der Waals surface area contributed by atoms with E-state index in [-0.39, 0.29) is 5.56 Å². The van der Waals surface area contributed by atoms with Crippen molar-refractivity contribution in [2.24, 2.45) is 7.05 Å². The van der Waals surface area contributed by atoms with Crippen molar-refractivity contribution in [2.45, 2.75) is 13.5 Å². The molecule has 0 bridgehead atoms. The van der Waals surface area contributed by atoms with Gasteiger partial charge in [0.25, 0.3) is 5.56 Å². The summed E-state index contributed by atoms with van der Waals surface area (Å²) in [4.78, 5) is 26.2. The molecular formula is C16H23N7O. The highest BCUT2D eigenvalue weighted by Crippen LogP contribution is 2.21. The third-order valence-electron chi connectivity index (χ3n) is 4.16. The average molecular weight is 329 g/mol. The van der Waals surface area contributed by atoms with Gasteiger partial charge in [-0.1, -0.05) is 5.92 Å². The summed E-state index contributed by atoms with van der Waals surface area (Å²) in [6, 6.07) is 0. The minimum Gasteiger partial charge on any atom is -0.348 e. The van der Waals surface area contributed by atoms with Crippen LogP contribution < -0.4 is 20.7 Å². The predicted octanol–water partition coefficient (Wildman–Crippen LogP) is -0.371. The Morgan fingerprint density at radius 1 is 1.25 bits per heavy atom. The number of imidazole rings is 1. The van der Waals surface area contributed by atoms with Crippen LogP contribution in [0.3, 0.4) is 0 Å². The smallest absolute Gasteiger partial charge is 0.281 e. The van der Waals surface area contributed by atoms with Crippen LogP contribution in [0.2, 0.25) is 0 Å². The molecule has 0 amide bonds. The molecule has 1 saturated heterocycles. The maximum atomic E-state index is 12.9. The van der Waals surface area contributed by atoms with Crippen molar-refractivity contribution in [2.75, 3.05) is 50.1 Å². The second-order valence-corrected chi connectivity index (χ2v) is 6.00. The largest absolute Gasteiger partial charge is 0.348 e. The number of piperazine rings is 1. The predicted molar refractivity (Wildman–Crippen MR) is 95.6 cm³/mol. The van der Waals surface area contributed by atoms with Gasteiger partial charge in [-0.15, -0.1) is 5.92 Å². The summed E-state index contributed by atoms with van der Waals surface area (Å²) in [6.07, 6.45) is 0. The number of hydrogen-bond acceptors (Lipinski definition) is 6. The van der Waals surface area contributed by atoms with E-state index in [1.165, 1.54) is 0 Å². The van der Waals surface area contributed by atoms with Gasteiger partial charge in [-0.2, -0.15) is 9.97 Å². The molecule has 0 aliphatic carbocycles. The van der Waals surface area contributed by atoms with Crippen LogP contribution in [-0.4, -0.2) is 59.4 Å². The molecule has 2 aromatic heterocycles. The summed E-state index contributed by atoms with van der Waals surface area (Å²) in [6.45, 7) is 5.73. The maximum Gasteiger partial charge on any atom is 0.281 e. The van der Waals surface area contributed by atoms with E-state index in [0.29, 0.717) is 23.7 Å². The van der Waals surface area contributed by atoms with Crippen molar-refractivity contribution in [3.8, 4) is 11.8 Å². The van der Waals surface area contributed by atoms with Crippen molar-refractivity contribution in [3.05, 3.63) is 10.4 Å². The first-order valence-corrected chi connectivity index (χ1v) is 8.04. The molecule has 3 rings (SSSR count). The number of fused-ring (bicyclic) bond motifs is 1. The minimum absolute atomic E-state index is 0.101. The monoisotopic (exact) mass is 329 g/mol. The van der Waals surface area contributed by atoms with E-state index < -0.39 is 0 Å². The van der Waals surface area contributed by atoms with Gasteiger partial charge in [0.15, 0.2) is 11.2 Å². The van der Waals surface area contributed by atoms with Gasteiger partial charge in [0.05, 0.1) is 6.54 Å². The van der Waals surface area contributed by atoms with E-state index >= 15 is 0 Å². The molecule has 8 nitrogen and oxygen atoms in total. The second kappa shape index (κ2) is 6.53. The van der Waals surface area contributed by atoms with E-state index in [2.05, 4.69) is 32.0 Å². The number of hydrogen-bond donors (Lipinski definition) is 1. The van der Waals surface area contributed by atoms with Crippen LogP contribution in [0.15, 0.2) is 4.79 Å². The average Bonchev–Trinajstić information content (AvgIpc) is 2.95. The number of anilines is 2. The third-order valence-corrected chi connectivity index (χ3v) is 4.16. The van der Waals surface area contributed by atoms with E-state index in [1.54, 1.807) is 18.5 Å². The molecule has 0 radical (unpaired) electrons. The lowest BCUT2D eigenvalue weighted by atomic mass is 10.4. The summed E-state index contributed by atoms with van der Waals surface area (Å²) < 4.78 is 3.45. The van der Waals surface area contributed by atoms with Crippen molar-refractivity contribution in [1.82, 2.24) is 24.4 Å². The van der Waals surface area contributed by atoms with Gasteiger partial charge in [-0.05, 0) is 6.92 Å². The lowest BCUT2D eigenvalue weighted by Gasteiger charge is -2.28. The standard InChI is InChI=1S/C16H23N7O/c1-5-6-9-23-12-13(18-15(20(2)3)21(4)14(12)24)19-16(23)22-10-7-17-8-11-22/h17H,7-11H2,1-4H3. The molecule has 8 heteroatoms. The lowest BCUT2D eigenvalue weighted by Crippen LogP contribution is -2.44. The first-order valence-electron chi connectivity index (χ1n) is 8.04. The quantitative estimate of drug-likeness (QED) is 0.775. The van der Waals surface area contributed by atoms with Gasteiger partial charge < -0.3 is 15.1 Å². The number of nitrogens with one attached hydrogen (secondary N) is 1. The fraction of sp³-hybridized carbons (Fsp3) is 0.562. The van der Waals surface area contributed by atoms with Crippen LogP contribution in [0.1, 0.15) is 6.92 Å². The molecule has 128 valence electrons. The van der Waals surface area contributed by atoms with E-state index in [9.17, 15) is 4.79 Å². The maximum absolute atomic E-state index is 12.9. The van der Waals surface area contributed by atoms with E-state index in [1.807, 2.05) is 23.6 Å². The van der Waals surface area contributed by atoms with Crippen LogP contribution in [0, 0.1) is 11.8 Å². The Kier molecular flexibility index (Phi) is 4.44. The highest BCUT2D eigenvalue weighted by molar-refractivity contribution is 5.75. The molecule has 0 spiro atoms. The molecule has 0 saturated carbocycles. The molecule has 0 atom stereocenters. The molecular weight excluding hydrogens is 306 g/mol. The molecule has 2 aromatic rings. The number of nitrogens with zero attached hydrogens (tertiary/aromatic N) is 6. The van der Waals surface area contributed by atoms with Crippen LogP contribution in [-0.2, 0) is 13.6 Å². The van der Waals surface area contributed by atoms with Gasteiger partial charge in [0.1, 0.15) is 0 Å². The van der Waals surface area contributed by atoms with Crippen molar-refractivity contribution < 1.29 is 0 Å². The Hall–Kier alpha value is -2.53. The van der Waals surface area contributed by atoms with Gasteiger partial charge in [0.2, 0.25) is 11.9 Å². The number of aromatic nitrogens is 4. The summed E-state index contributed by atoms with van der Waals surface area (Å²) >= 11 is 0. The summed E-state index contributed by atoms with van der Waals surface area (Å²) in [5, 5.41) is 3.33. The molecule has 1 fully saturated rings. The third kappa shape index (κ3) is 2.71. The Labute approximate surface area is 141 Å². The molecule has 1 aliphatic heterocycles. The van der Waals surface area contributed by atoms with Gasteiger partial charge in [0, 0.05) is 47.3 Å². The normalized spacial score (nSPS) is 14.6. The topological polar surface area (TPSA) is 71.2 Å². The molecule has 1 N–H and O–H groups in total. The van der Waals surface area contributed by atoms with Crippen LogP contribution >= 0.6 is 0 Å². The minimum atomic E-state index is -0.101. The zero-order chi connectivity index (χ0) is 17.3.